The number of anilines is 1. The number of H-pyrrole nitrogens is 1. The van der Waals surface area contributed by atoms with Gasteiger partial charge < -0.3 is 52.9 Å². The average molecular weight is 1520 g/mol. The van der Waals surface area contributed by atoms with Crippen molar-refractivity contribution in [1.82, 2.24) is 28.7 Å². The highest BCUT2D eigenvalue weighted by Gasteiger charge is 2.52. The predicted octanol–water partition coefficient (Wildman–Crippen LogP) is 10.4. The Labute approximate surface area is 635 Å². The molecule has 2 amide bonds. The lowest BCUT2D eigenvalue weighted by atomic mass is 9.80. The van der Waals surface area contributed by atoms with Gasteiger partial charge in [-0.05, 0) is 93.1 Å². The minimum absolute atomic E-state index is 0.00468. The molecule has 2 aliphatic heterocycles. The van der Waals surface area contributed by atoms with Crippen LogP contribution in [0, 0.1) is 18.4 Å². The van der Waals surface area contributed by atoms with Crippen LogP contribution in [-0.4, -0.2) is 127 Å². The third kappa shape index (κ3) is 17.5. The number of aromatic amines is 1. The predicted molar refractivity (Wildman–Crippen MR) is 414 cm³/mol. The summed E-state index contributed by atoms with van der Waals surface area (Å²) < 4.78 is 76.5. The summed E-state index contributed by atoms with van der Waals surface area (Å²) in [5, 5.41) is 8.58. The van der Waals surface area contributed by atoms with Crippen LogP contribution < -0.4 is 47.4 Å². The van der Waals surface area contributed by atoms with Gasteiger partial charge in [0.1, 0.15) is 77.7 Å². The highest BCUT2D eigenvalue weighted by atomic mass is 31.2. The van der Waals surface area contributed by atoms with Gasteiger partial charge in [-0.1, -0.05) is 184 Å². The van der Waals surface area contributed by atoms with Crippen molar-refractivity contribution in [2.75, 3.05) is 52.4 Å². The molecule has 2 saturated heterocycles. The first-order valence-electron chi connectivity index (χ1n) is 35.8. The molecule has 12 rings (SSSR count). The molecule has 0 aliphatic carbocycles. The number of ketones is 1. The van der Waals surface area contributed by atoms with E-state index in [9.17, 15) is 33.6 Å². The molecule has 3 aromatic heterocycles. The van der Waals surface area contributed by atoms with Crippen LogP contribution in [0.25, 0.3) is 15.7 Å². The molecule has 2 fully saturated rings. The number of hydrogen-bond acceptors (Lipinski definition) is 18. The molecular weight excluding hydrogens is 1440 g/mol. The monoisotopic (exact) mass is 1520 g/mol. The number of fused-ring (bicyclic) bond motifs is 1. The van der Waals surface area contributed by atoms with Gasteiger partial charge in [0.05, 0.1) is 46.8 Å². The van der Waals surface area contributed by atoms with Gasteiger partial charge in [-0.3, -0.25) is 46.9 Å². The maximum absolute atomic E-state index is 15.7. The number of nitrogens with one attached hydrogen (secondary N) is 3. The fourth-order valence-electron chi connectivity index (χ4n) is 14.2. The molecule has 110 heavy (non-hydrogen) atoms. The van der Waals surface area contributed by atoms with Crippen molar-refractivity contribution in [2.24, 2.45) is 0 Å². The van der Waals surface area contributed by atoms with E-state index in [0.717, 1.165) is 25.6 Å². The molecule has 5 heterocycles. The number of phosphoric acid groups is 1. The molecule has 3 unspecified atom stereocenters. The van der Waals surface area contributed by atoms with Gasteiger partial charge in [-0.2, -0.15) is 4.98 Å². The van der Waals surface area contributed by atoms with E-state index in [1.165, 1.54) is 35.8 Å². The molecule has 0 radical (unpaired) electrons. The Morgan fingerprint density at radius 3 is 1.86 bits per heavy atom. The van der Waals surface area contributed by atoms with Gasteiger partial charge in [0.25, 0.3) is 11.5 Å². The Balaban J connectivity index is 0.847. The van der Waals surface area contributed by atoms with E-state index in [-0.39, 0.29) is 73.3 Å². The van der Waals surface area contributed by atoms with Crippen molar-refractivity contribution in [1.29, 1.82) is 0 Å². The Morgan fingerprint density at radius 1 is 0.691 bits per heavy atom. The number of Topliss-reactive ketones (excluding diaryl/α,β-unsaturated/α-hetero) is 1. The summed E-state index contributed by atoms with van der Waals surface area (Å²) in [4.78, 5) is 104. The third-order valence-electron chi connectivity index (χ3n) is 19.3. The second-order valence-electron chi connectivity index (χ2n) is 27.4. The Hall–Kier alpha value is -11.4. The number of para-hydroxylation sites is 1. The van der Waals surface area contributed by atoms with Crippen LogP contribution in [0.5, 0.6) is 11.5 Å². The first-order valence-corrected chi connectivity index (χ1v) is 39.2. The van der Waals surface area contributed by atoms with Crippen molar-refractivity contribution in [3.8, 4) is 23.3 Å². The minimum atomic E-state index is -5.02. The summed E-state index contributed by atoms with van der Waals surface area (Å²) in [6.07, 6.45) is -4.04. The largest absolute Gasteiger partial charge is 0.497 e. The summed E-state index contributed by atoms with van der Waals surface area (Å²) >= 11 is 0. The average Bonchev–Trinajstić information content (AvgIpc) is 1.43. The zero-order valence-electron chi connectivity index (χ0n) is 61.4. The SMILES string of the molecule is [C-]#[N+]CCOP(=O)(OC[C@H]1O[C@@H](n2ccc(NC(=O)c3ccccc3)nc2=O)CC1OC(=O)CCC(C)=O)OC1C[C@H](n2cc(C#CCNC(=O)Cc3cn([Si](c4ccccc4)(c4ccccc4)C(C)(C)C)c4ccccc34)c(=O)[nH]c2=O)O[C@@H]1COC(c1ccccc1)(c1ccc(OC)cc1)c1ccc(OC)cc1. The standard InChI is InChI=1S/C83H83N8O17PSi/c1-56(92)34-43-77(94)107-69-50-75(89-47-44-73(87-80(89)97)86-78(95)57-23-12-8-13-24-57)106-72(69)55-104-109(99,103-48-46-84-5)108-70-51-76(105-71(70)54-102-83(60-26-14-9-15-27-60,61-35-39-63(100-6)40-36-61)62-37-41-64(101-7)42-38-62)90-52-58(79(96)88-81(90)98)25-22-45-85-74(93)49-59-53-91(68-33-21-20-32-67(59)68)110(82(2,3)4,65-28-16-10-17-29-65)66-30-18-11-19-31-66/h8-21,23-24,26-33,35-42,44,47,52-53,69-72,75-76H,34,43,45-46,48-51,54-55H2,1-4,6-7H3,(H,85,93)(H,88,96,98)(H,86,87,95,97)/t69?,70?,71-,72-,75-,76-,109?/m1/s1. The molecule has 2 aliphatic rings. The van der Waals surface area contributed by atoms with Crippen molar-refractivity contribution in [3.63, 3.8) is 0 Å². The van der Waals surface area contributed by atoms with E-state index >= 15 is 4.57 Å². The number of phosphoric ester groups is 1. The number of methoxy groups -OCH3 is 2. The number of hydrogen-bond donors (Lipinski definition) is 3. The molecule has 7 aromatic carbocycles. The Bertz CT molecular complexity index is 5190. The fourth-order valence-corrected chi connectivity index (χ4v) is 21.2. The van der Waals surface area contributed by atoms with Crippen LogP contribution in [0.1, 0.15) is 104 Å². The summed E-state index contributed by atoms with van der Waals surface area (Å²) in [5.74, 6) is 4.86. The van der Waals surface area contributed by atoms with E-state index in [1.807, 2.05) is 84.9 Å². The molecule has 25 nitrogen and oxygen atoms in total. The van der Waals surface area contributed by atoms with Crippen LogP contribution >= 0.6 is 7.82 Å². The normalized spacial score (nSPS) is 17.6. The van der Waals surface area contributed by atoms with Crippen LogP contribution in [0.4, 0.5) is 5.82 Å². The quantitative estimate of drug-likeness (QED) is 0.00717. The molecule has 3 N–H and O–H groups in total. The number of ether oxygens (including phenoxy) is 6. The van der Waals surface area contributed by atoms with Crippen molar-refractivity contribution in [2.45, 2.75) is 107 Å². The third-order valence-corrected chi connectivity index (χ3v) is 26.4. The van der Waals surface area contributed by atoms with Crippen molar-refractivity contribution < 1.29 is 65.7 Å². The molecule has 10 aromatic rings. The number of aromatic nitrogens is 5. The Morgan fingerprint density at radius 2 is 1.26 bits per heavy atom. The highest BCUT2D eigenvalue weighted by molar-refractivity contribution is 7.48. The lowest BCUT2D eigenvalue weighted by Crippen LogP contribution is -2.69. The zero-order chi connectivity index (χ0) is 77.6. The summed E-state index contributed by atoms with van der Waals surface area (Å²) in [7, 11) is -4.86. The molecular formula is C83H83N8O17PSi. The topological polar surface area (TPSA) is 292 Å². The zero-order valence-corrected chi connectivity index (χ0v) is 63.3. The van der Waals surface area contributed by atoms with Gasteiger partial charge in [0.15, 0.2) is 0 Å². The minimum Gasteiger partial charge on any atom is -0.497 e. The van der Waals surface area contributed by atoms with E-state index in [4.69, 9.17) is 48.6 Å². The summed E-state index contributed by atoms with van der Waals surface area (Å²) in [6, 6.07) is 62.7. The van der Waals surface area contributed by atoms with E-state index < -0.39 is 107 Å². The first kappa shape index (κ1) is 78.2. The van der Waals surface area contributed by atoms with Crippen LogP contribution in [0.3, 0.4) is 0 Å². The second kappa shape index (κ2) is 34.9. The first-order chi connectivity index (χ1) is 53.1. The lowest BCUT2D eigenvalue weighted by molar-refractivity contribution is -0.153. The smallest absolute Gasteiger partial charge is 0.475 e. The molecule has 0 saturated carbocycles. The molecule has 7 atom stereocenters. The molecule has 0 spiro atoms. The van der Waals surface area contributed by atoms with Crippen molar-refractivity contribution >= 4 is 66.7 Å². The van der Waals surface area contributed by atoms with Crippen LogP contribution in [0.15, 0.2) is 233 Å². The number of carbonyl (C=O) groups is 4. The highest BCUT2D eigenvalue weighted by Crippen LogP contribution is 2.54. The Kier molecular flexibility index (Phi) is 24.8. The van der Waals surface area contributed by atoms with Gasteiger partial charge in [-0.15, -0.1) is 0 Å². The second-order valence-corrected chi connectivity index (χ2v) is 33.6. The fraction of sp³-hybridized carbons (Fsp3) is 0.289. The van der Waals surface area contributed by atoms with Gasteiger partial charge >= 0.3 is 25.2 Å². The van der Waals surface area contributed by atoms with Crippen molar-refractivity contribution in [3.05, 3.63) is 295 Å². The van der Waals surface area contributed by atoms with Crippen LogP contribution in [0.2, 0.25) is 5.04 Å². The number of nitrogens with zero attached hydrogens (tertiary/aromatic N) is 5. The number of esters is 1. The lowest BCUT2D eigenvalue weighted by Gasteiger charge is -2.45. The van der Waals surface area contributed by atoms with E-state index in [2.05, 4.69) is 123 Å². The van der Waals surface area contributed by atoms with Gasteiger partial charge in [-0.25, -0.2) is 20.7 Å². The number of carbonyl (C=O) groups excluding carboxylic acids is 4. The van der Waals surface area contributed by atoms with Crippen LogP contribution in [-0.2, 0) is 63.5 Å². The summed E-state index contributed by atoms with van der Waals surface area (Å²) in [5.41, 5.74) is -0.236. The molecule has 27 heteroatoms. The number of rotatable bonds is 30. The van der Waals surface area contributed by atoms with Gasteiger partial charge in [0, 0.05) is 54.3 Å². The summed E-state index contributed by atoms with van der Waals surface area (Å²) in [6.45, 7) is 13.6. The maximum atomic E-state index is 15.7. The van der Waals surface area contributed by atoms with E-state index in [1.54, 1.807) is 68.8 Å². The molecule has 566 valence electrons. The number of benzene rings is 7. The van der Waals surface area contributed by atoms with E-state index in [0.29, 0.717) is 33.8 Å². The number of amides is 2. The molecule has 0 bridgehead atoms. The maximum Gasteiger partial charge on any atom is 0.475 e. The van der Waals surface area contributed by atoms with Gasteiger partial charge in [0.2, 0.25) is 20.7 Å².